The zero-order chi connectivity index (χ0) is 16.7. The number of benzene rings is 2. The molecule has 1 unspecified atom stereocenters. The standard InChI is InChI=1S/C21H24BrNO/c1-23-12-10-17(11-13-23)21(24)19-5-3-2-4-15(19)6-7-16-8-9-18(22)14-20(16)21/h2-5,8-9,14,17,24H,6-7,10-13H2,1H3. The number of hydrogen-bond acceptors (Lipinski definition) is 2. The van der Waals surface area contributed by atoms with Gasteiger partial charge >= 0.3 is 0 Å². The van der Waals surface area contributed by atoms with Crippen molar-refractivity contribution in [2.75, 3.05) is 20.1 Å². The molecule has 0 saturated carbocycles. The number of piperidine rings is 1. The highest BCUT2D eigenvalue weighted by Crippen LogP contribution is 2.46. The fourth-order valence-electron chi connectivity index (χ4n) is 4.51. The highest BCUT2D eigenvalue weighted by molar-refractivity contribution is 9.10. The van der Waals surface area contributed by atoms with Crippen LogP contribution in [0.3, 0.4) is 0 Å². The van der Waals surface area contributed by atoms with E-state index >= 15 is 0 Å². The maximum Gasteiger partial charge on any atom is 0.118 e. The predicted molar refractivity (Wildman–Crippen MR) is 101 cm³/mol. The number of fused-ring (bicyclic) bond motifs is 2. The van der Waals surface area contributed by atoms with Gasteiger partial charge in [-0.15, -0.1) is 0 Å². The number of aliphatic hydroxyl groups is 1. The van der Waals surface area contributed by atoms with Crippen molar-refractivity contribution in [1.82, 2.24) is 4.90 Å². The van der Waals surface area contributed by atoms with Crippen LogP contribution in [0.1, 0.15) is 35.1 Å². The van der Waals surface area contributed by atoms with Crippen molar-refractivity contribution < 1.29 is 5.11 Å². The number of rotatable bonds is 1. The quantitative estimate of drug-likeness (QED) is 0.797. The second kappa shape index (κ2) is 6.29. The Morgan fingerprint density at radius 2 is 1.67 bits per heavy atom. The molecule has 24 heavy (non-hydrogen) atoms. The molecule has 1 heterocycles. The molecule has 1 aliphatic carbocycles. The maximum absolute atomic E-state index is 12.2. The van der Waals surface area contributed by atoms with E-state index in [0.717, 1.165) is 54.4 Å². The Hall–Kier alpha value is -1.16. The highest BCUT2D eigenvalue weighted by Gasteiger charge is 2.44. The second-order valence-electron chi connectivity index (χ2n) is 7.30. The van der Waals surface area contributed by atoms with E-state index in [1.165, 1.54) is 11.1 Å². The molecule has 2 aliphatic rings. The zero-order valence-corrected chi connectivity index (χ0v) is 15.7. The van der Waals surface area contributed by atoms with Gasteiger partial charge in [0.15, 0.2) is 0 Å². The molecule has 4 rings (SSSR count). The van der Waals surface area contributed by atoms with Crippen LogP contribution < -0.4 is 0 Å². The van der Waals surface area contributed by atoms with Crippen LogP contribution in [0, 0.1) is 5.92 Å². The smallest absolute Gasteiger partial charge is 0.118 e. The Morgan fingerprint density at radius 3 is 2.42 bits per heavy atom. The lowest BCUT2D eigenvalue weighted by Crippen LogP contribution is -2.43. The molecular formula is C21H24BrNO. The second-order valence-corrected chi connectivity index (χ2v) is 8.22. The molecule has 126 valence electrons. The van der Waals surface area contributed by atoms with Crippen LogP contribution in [0.15, 0.2) is 46.9 Å². The summed E-state index contributed by atoms with van der Waals surface area (Å²) in [5, 5.41) is 12.2. The average Bonchev–Trinajstić information content (AvgIpc) is 2.72. The summed E-state index contributed by atoms with van der Waals surface area (Å²) in [6.45, 7) is 2.11. The first kappa shape index (κ1) is 16.3. The molecule has 1 N–H and O–H groups in total. The Kier molecular flexibility index (Phi) is 4.27. The molecular weight excluding hydrogens is 362 g/mol. The lowest BCUT2D eigenvalue weighted by Gasteiger charge is -2.42. The third-order valence-electron chi connectivity index (χ3n) is 5.88. The van der Waals surface area contributed by atoms with Crippen LogP contribution in [-0.4, -0.2) is 30.1 Å². The van der Waals surface area contributed by atoms with Crippen LogP contribution in [0.25, 0.3) is 0 Å². The first-order chi connectivity index (χ1) is 11.6. The maximum atomic E-state index is 12.2. The van der Waals surface area contributed by atoms with Gasteiger partial charge < -0.3 is 10.0 Å². The van der Waals surface area contributed by atoms with E-state index in [9.17, 15) is 5.11 Å². The van der Waals surface area contributed by atoms with Gasteiger partial charge in [-0.25, -0.2) is 0 Å². The number of halogens is 1. The number of hydrogen-bond donors (Lipinski definition) is 1. The summed E-state index contributed by atoms with van der Waals surface area (Å²) in [6, 6.07) is 14.9. The molecule has 0 spiro atoms. The lowest BCUT2D eigenvalue weighted by molar-refractivity contribution is -0.0114. The van der Waals surface area contributed by atoms with E-state index in [0.29, 0.717) is 0 Å². The summed E-state index contributed by atoms with van der Waals surface area (Å²) in [4.78, 5) is 2.37. The van der Waals surface area contributed by atoms with Gasteiger partial charge in [0.2, 0.25) is 0 Å². The van der Waals surface area contributed by atoms with Crippen LogP contribution in [0.2, 0.25) is 0 Å². The topological polar surface area (TPSA) is 23.5 Å². The molecule has 0 amide bonds. The van der Waals surface area contributed by atoms with Gasteiger partial charge in [0, 0.05) is 4.47 Å². The molecule has 2 aromatic rings. The van der Waals surface area contributed by atoms with E-state index in [2.05, 4.69) is 70.3 Å². The SMILES string of the molecule is CN1CCC(C2(O)c3ccccc3CCc3ccc(Br)cc32)CC1. The number of nitrogens with zero attached hydrogens (tertiary/aromatic N) is 1. The van der Waals surface area contributed by atoms with Gasteiger partial charge in [0.25, 0.3) is 0 Å². The van der Waals surface area contributed by atoms with Gasteiger partial charge in [0.1, 0.15) is 5.60 Å². The van der Waals surface area contributed by atoms with Gasteiger partial charge in [-0.3, -0.25) is 0 Å². The normalized spacial score (nSPS) is 25.0. The minimum absolute atomic E-state index is 0.265. The highest BCUT2D eigenvalue weighted by atomic mass is 79.9. The molecule has 1 saturated heterocycles. The molecule has 0 aromatic heterocycles. The molecule has 0 radical (unpaired) electrons. The minimum Gasteiger partial charge on any atom is -0.380 e. The van der Waals surface area contributed by atoms with Crippen LogP contribution in [-0.2, 0) is 18.4 Å². The van der Waals surface area contributed by atoms with Gasteiger partial charge in [-0.2, -0.15) is 0 Å². The molecule has 2 aromatic carbocycles. The summed E-state index contributed by atoms with van der Waals surface area (Å²) in [5.41, 5.74) is 3.93. The van der Waals surface area contributed by atoms with Crippen LogP contribution >= 0.6 is 15.9 Å². The summed E-state index contributed by atoms with van der Waals surface area (Å²) in [7, 11) is 2.17. The van der Waals surface area contributed by atoms with Gasteiger partial charge in [-0.1, -0.05) is 46.3 Å². The summed E-state index contributed by atoms with van der Waals surface area (Å²) >= 11 is 3.62. The monoisotopic (exact) mass is 385 g/mol. The van der Waals surface area contributed by atoms with E-state index < -0.39 is 5.60 Å². The average molecular weight is 386 g/mol. The van der Waals surface area contributed by atoms with Crippen molar-refractivity contribution in [3.8, 4) is 0 Å². The van der Waals surface area contributed by atoms with Gasteiger partial charge in [0.05, 0.1) is 0 Å². The first-order valence-electron chi connectivity index (χ1n) is 8.87. The van der Waals surface area contributed by atoms with Crippen molar-refractivity contribution >= 4 is 15.9 Å². The van der Waals surface area contributed by atoms with Crippen molar-refractivity contribution in [3.05, 3.63) is 69.2 Å². The lowest BCUT2D eigenvalue weighted by atomic mass is 9.70. The molecule has 1 atom stereocenters. The van der Waals surface area contributed by atoms with Crippen molar-refractivity contribution in [2.45, 2.75) is 31.3 Å². The Bertz CT molecular complexity index is 751. The summed E-state index contributed by atoms with van der Waals surface area (Å²) in [6.07, 6.45) is 4.06. The van der Waals surface area contributed by atoms with E-state index in [1.807, 2.05) is 0 Å². The fourth-order valence-corrected chi connectivity index (χ4v) is 4.87. The number of aryl methyl sites for hydroxylation is 2. The number of likely N-dealkylation sites (tertiary alicyclic amines) is 1. The molecule has 1 aliphatic heterocycles. The third kappa shape index (κ3) is 2.63. The minimum atomic E-state index is -0.881. The van der Waals surface area contributed by atoms with E-state index in [-0.39, 0.29) is 5.92 Å². The first-order valence-corrected chi connectivity index (χ1v) is 9.66. The largest absolute Gasteiger partial charge is 0.380 e. The Morgan fingerprint density at radius 1 is 1.00 bits per heavy atom. The van der Waals surface area contributed by atoms with Crippen molar-refractivity contribution in [2.24, 2.45) is 5.92 Å². The third-order valence-corrected chi connectivity index (χ3v) is 6.38. The predicted octanol–water partition coefficient (Wildman–Crippen LogP) is 4.13. The zero-order valence-electron chi connectivity index (χ0n) is 14.1. The molecule has 1 fully saturated rings. The van der Waals surface area contributed by atoms with Crippen molar-refractivity contribution in [3.63, 3.8) is 0 Å². The Balaban J connectivity index is 1.91. The fraction of sp³-hybridized carbons (Fsp3) is 0.429. The van der Waals surface area contributed by atoms with Gasteiger partial charge in [-0.05, 0) is 86.1 Å². The van der Waals surface area contributed by atoms with Crippen molar-refractivity contribution in [1.29, 1.82) is 0 Å². The summed E-state index contributed by atoms with van der Waals surface area (Å²) in [5.74, 6) is 0.265. The molecule has 2 nitrogen and oxygen atoms in total. The Labute approximate surface area is 152 Å². The summed E-state index contributed by atoms with van der Waals surface area (Å²) < 4.78 is 1.05. The van der Waals surface area contributed by atoms with Crippen LogP contribution in [0.4, 0.5) is 0 Å². The van der Waals surface area contributed by atoms with E-state index in [1.54, 1.807) is 0 Å². The molecule has 3 heteroatoms. The molecule has 0 bridgehead atoms. The van der Waals surface area contributed by atoms with Crippen LogP contribution in [0.5, 0.6) is 0 Å². The van der Waals surface area contributed by atoms with E-state index in [4.69, 9.17) is 0 Å².